The first kappa shape index (κ1) is 10.1. The Hall–Kier alpha value is -1.48. The molecule has 0 bridgehead atoms. The number of benzene rings is 1. The van der Waals surface area contributed by atoms with Crippen LogP contribution in [0.15, 0.2) is 30.5 Å². The third-order valence-corrected chi connectivity index (χ3v) is 2.55. The highest BCUT2D eigenvalue weighted by molar-refractivity contribution is 6.30. The van der Waals surface area contributed by atoms with E-state index in [0.717, 1.165) is 17.7 Å². The average Bonchev–Trinajstić information content (AvgIpc) is 2.59. The van der Waals surface area contributed by atoms with Crippen molar-refractivity contribution in [1.29, 1.82) is 0 Å². The Morgan fingerprint density at radius 3 is 2.87 bits per heavy atom. The van der Waals surface area contributed by atoms with Gasteiger partial charge in [-0.1, -0.05) is 24.6 Å². The second kappa shape index (κ2) is 3.95. The smallest absolute Gasteiger partial charge is 0.130 e. The molecule has 0 radical (unpaired) electrons. The summed E-state index contributed by atoms with van der Waals surface area (Å²) in [5.74, 6) is 0.680. The lowest BCUT2D eigenvalue weighted by Crippen LogP contribution is -2.02. The largest absolute Gasteiger partial charge is 0.383 e. The molecule has 78 valence electrons. The molecule has 0 saturated heterocycles. The molecule has 0 amide bonds. The van der Waals surface area contributed by atoms with E-state index in [1.54, 1.807) is 10.9 Å². The molecule has 0 saturated carbocycles. The molecule has 15 heavy (non-hydrogen) atoms. The van der Waals surface area contributed by atoms with Gasteiger partial charge < -0.3 is 5.73 Å². The fraction of sp³-hybridized carbons (Fsp3) is 0.182. The van der Waals surface area contributed by atoms with Crippen LogP contribution in [0.1, 0.15) is 12.5 Å². The predicted molar refractivity (Wildman–Crippen MR) is 62.4 cm³/mol. The molecule has 2 rings (SSSR count). The van der Waals surface area contributed by atoms with Crippen LogP contribution in [-0.2, 0) is 6.42 Å². The number of aromatic nitrogens is 2. The number of halogens is 1. The monoisotopic (exact) mass is 221 g/mol. The molecule has 0 aliphatic carbocycles. The number of hydrogen-bond donors (Lipinski definition) is 1. The van der Waals surface area contributed by atoms with Crippen molar-refractivity contribution in [2.24, 2.45) is 0 Å². The van der Waals surface area contributed by atoms with Gasteiger partial charge >= 0.3 is 0 Å². The summed E-state index contributed by atoms with van der Waals surface area (Å²) in [5, 5.41) is 4.91. The molecule has 1 aromatic carbocycles. The van der Waals surface area contributed by atoms with Crippen LogP contribution in [0, 0.1) is 0 Å². The number of hydrogen-bond acceptors (Lipinski definition) is 2. The minimum absolute atomic E-state index is 0.680. The van der Waals surface area contributed by atoms with Gasteiger partial charge in [0.05, 0.1) is 11.9 Å². The Morgan fingerprint density at radius 2 is 2.27 bits per heavy atom. The lowest BCUT2D eigenvalue weighted by Gasteiger charge is -2.04. The van der Waals surface area contributed by atoms with Crippen molar-refractivity contribution < 1.29 is 0 Å². The number of nitrogens with two attached hydrogens (primary N) is 1. The number of nitrogen functional groups attached to an aromatic ring is 1. The van der Waals surface area contributed by atoms with Crippen LogP contribution in [-0.4, -0.2) is 9.78 Å². The fourth-order valence-corrected chi connectivity index (χ4v) is 1.66. The van der Waals surface area contributed by atoms with Gasteiger partial charge in [0.2, 0.25) is 0 Å². The van der Waals surface area contributed by atoms with E-state index < -0.39 is 0 Å². The predicted octanol–water partition coefficient (Wildman–Crippen LogP) is 2.67. The molecule has 1 aromatic heterocycles. The highest BCUT2D eigenvalue weighted by Crippen LogP contribution is 2.19. The SMILES string of the molecule is CCc1cnn(-c2cccc(Cl)c2)c1N. The summed E-state index contributed by atoms with van der Waals surface area (Å²) in [6, 6.07) is 7.47. The zero-order chi connectivity index (χ0) is 10.8. The number of anilines is 1. The van der Waals surface area contributed by atoms with E-state index in [-0.39, 0.29) is 0 Å². The highest BCUT2D eigenvalue weighted by atomic mass is 35.5. The van der Waals surface area contributed by atoms with Gasteiger partial charge in [-0.2, -0.15) is 5.10 Å². The topological polar surface area (TPSA) is 43.8 Å². The van der Waals surface area contributed by atoms with Gasteiger partial charge in [-0.25, -0.2) is 4.68 Å². The van der Waals surface area contributed by atoms with Gasteiger partial charge in [-0.3, -0.25) is 0 Å². The van der Waals surface area contributed by atoms with Crippen molar-refractivity contribution in [3.8, 4) is 5.69 Å². The molecule has 0 unspecified atom stereocenters. The summed E-state index contributed by atoms with van der Waals surface area (Å²) in [6.07, 6.45) is 2.67. The molecule has 3 nitrogen and oxygen atoms in total. The third kappa shape index (κ3) is 1.83. The molecular formula is C11H12ClN3. The Kier molecular flexibility index (Phi) is 2.64. The lowest BCUT2D eigenvalue weighted by atomic mass is 10.2. The quantitative estimate of drug-likeness (QED) is 0.848. The normalized spacial score (nSPS) is 10.5. The van der Waals surface area contributed by atoms with Crippen molar-refractivity contribution in [2.75, 3.05) is 5.73 Å². The van der Waals surface area contributed by atoms with Crippen molar-refractivity contribution >= 4 is 17.4 Å². The Balaban J connectivity index is 2.49. The molecule has 0 spiro atoms. The molecule has 0 atom stereocenters. The van der Waals surface area contributed by atoms with Gasteiger partial charge in [0.1, 0.15) is 5.82 Å². The summed E-state index contributed by atoms with van der Waals surface area (Å²) >= 11 is 5.91. The standard InChI is InChI=1S/C11H12ClN3/c1-2-8-7-14-15(11(8)13)10-5-3-4-9(12)6-10/h3-7H,2,13H2,1H3. The van der Waals surface area contributed by atoms with Crippen molar-refractivity contribution in [1.82, 2.24) is 9.78 Å². The van der Waals surface area contributed by atoms with E-state index in [9.17, 15) is 0 Å². The van der Waals surface area contributed by atoms with Crippen LogP contribution in [0.2, 0.25) is 5.02 Å². The van der Waals surface area contributed by atoms with E-state index in [2.05, 4.69) is 12.0 Å². The van der Waals surface area contributed by atoms with E-state index >= 15 is 0 Å². The maximum absolute atomic E-state index is 5.95. The zero-order valence-electron chi connectivity index (χ0n) is 8.44. The van der Waals surface area contributed by atoms with Crippen molar-refractivity contribution in [3.63, 3.8) is 0 Å². The number of aryl methyl sites for hydroxylation is 1. The first-order valence-corrected chi connectivity index (χ1v) is 5.18. The van der Waals surface area contributed by atoms with Crippen molar-refractivity contribution in [2.45, 2.75) is 13.3 Å². The van der Waals surface area contributed by atoms with Crippen LogP contribution >= 0.6 is 11.6 Å². The second-order valence-corrected chi connectivity index (χ2v) is 3.74. The Morgan fingerprint density at radius 1 is 1.47 bits per heavy atom. The summed E-state index contributed by atoms with van der Waals surface area (Å²) < 4.78 is 1.70. The molecular weight excluding hydrogens is 210 g/mol. The van der Waals surface area contributed by atoms with Crippen LogP contribution < -0.4 is 5.73 Å². The summed E-state index contributed by atoms with van der Waals surface area (Å²) in [5.41, 5.74) is 7.89. The van der Waals surface area contributed by atoms with Crippen LogP contribution in [0.4, 0.5) is 5.82 Å². The van der Waals surface area contributed by atoms with E-state index in [1.165, 1.54) is 0 Å². The van der Waals surface area contributed by atoms with Gasteiger partial charge in [0, 0.05) is 10.6 Å². The van der Waals surface area contributed by atoms with Crippen LogP contribution in [0.25, 0.3) is 5.69 Å². The minimum atomic E-state index is 0.680. The maximum Gasteiger partial charge on any atom is 0.130 e. The average molecular weight is 222 g/mol. The molecule has 0 aliphatic heterocycles. The summed E-state index contributed by atoms with van der Waals surface area (Å²) in [4.78, 5) is 0. The van der Waals surface area contributed by atoms with E-state index in [1.807, 2.05) is 24.3 Å². The van der Waals surface area contributed by atoms with Crippen LogP contribution in [0.3, 0.4) is 0 Å². The van der Waals surface area contributed by atoms with Gasteiger partial charge in [-0.05, 0) is 24.6 Å². The highest BCUT2D eigenvalue weighted by Gasteiger charge is 2.07. The molecule has 0 fully saturated rings. The molecule has 2 N–H and O–H groups in total. The molecule has 1 heterocycles. The maximum atomic E-state index is 5.95. The van der Waals surface area contributed by atoms with Gasteiger partial charge in [-0.15, -0.1) is 0 Å². The van der Waals surface area contributed by atoms with Gasteiger partial charge in [0.25, 0.3) is 0 Å². The number of nitrogens with zero attached hydrogens (tertiary/aromatic N) is 2. The first-order chi connectivity index (χ1) is 7.22. The Labute approximate surface area is 93.5 Å². The van der Waals surface area contributed by atoms with Crippen molar-refractivity contribution in [3.05, 3.63) is 41.0 Å². The van der Waals surface area contributed by atoms with Gasteiger partial charge in [0.15, 0.2) is 0 Å². The Bertz CT molecular complexity index is 476. The summed E-state index contributed by atoms with van der Waals surface area (Å²) in [7, 11) is 0. The summed E-state index contributed by atoms with van der Waals surface area (Å²) in [6.45, 7) is 2.05. The third-order valence-electron chi connectivity index (χ3n) is 2.32. The van der Waals surface area contributed by atoms with E-state index in [0.29, 0.717) is 10.8 Å². The van der Waals surface area contributed by atoms with E-state index in [4.69, 9.17) is 17.3 Å². The lowest BCUT2D eigenvalue weighted by molar-refractivity contribution is 0.891. The molecule has 4 heteroatoms. The number of rotatable bonds is 2. The first-order valence-electron chi connectivity index (χ1n) is 4.80. The zero-order valence-corrected chi connectivity index (χ0v) is 9.20. The molecule has 0 aliphatic rings. The second-order valence-electron chi connectivity index (χ2n) is 3.30. The minimum Gasteiger partial charge on any atom is -0.383 e. The fourth-order valence-electron chi connectivity index (χ4n) is 1.48. The molecule has 2 aromatic rings. The van der Waals surface area contributed by atoms with Crippen LogP contribution in [0.5, 0.6) is 0 Å².